The Balaban J connectivity index is 0. The molecule has 0 saturated heterocycles. The Labute approximate surface area is 98.7 Å². The highest BCUT2D eigenvalue weighted by atomic mass is 28.4. The summed E-state index contributed by atoms with van der Waals surface area (Å²) in [6.45, 7) is 13.5. The van der Waals surface area contributed by atoms with E-state index in [0.717, 1.165) is 5.92 Å². The molecule has 0 aliphatic carbocycles. The molecule has 0 saturated carbocycles. The molecule has 0 fully saturated rings. The molecule has 0 aromatic rings. The molecule has 15 heavy (non-hydrogen) atoms. The Morgan fingerprint density at radius 1 is 1.07 bits per heavy atom. The molecule has 0 aliphatic rings. The maximum atomic E-state index is 5.32. The summed E-state index contributed by atoms with van der Waals surface area (Å²) >= 11 is 0. The zero-order valence-corrected chi connectivity index (χ0v) is 13.0. The Hall–Kier alpha value is 0.177. The van der Waals surface area contributed by atoms with Crippen LogP contribution in [0.5, 0.6) is 0 Å². The molecule has 1 atom stereocenters. The third-order valence-electron chi connectivity index (χ3n) is 2.88. The van der Waals surface area contributed by atoms with Crippen molar-refractivity contribution < 1.29 is 4.43 Å². The standard InChI is InChI=1S/C7H16.C6H16OSi/c1-4-6-7(3)5-2;1-5-6-8(3,4)7-2/h7H,4-6H2,1-3H3;5-6H2,1-4H3. The molecule has 0 rings (SSSR count). The molecular formula is C13H32OSi. The van der Waals surface area contributed by atoms with E-state index in [2.05, 4.69) is 40.8 Å². The molecule has 0 radical (unpaired) electrons. The summed E-state index contributed by atoms with van der Waals surface area (Å²) in [5.74, 6) is 0.949. The van der Waals surface area contributed by atoms with E-state index in [9.17, 15) is 0 Å². The Morgan fingerprint density at radius 3 is 1.73 bits per heavy atom. The van der Waals surface area contributed by atoms with Crippen LogP contribution in [0.2, 0.25) is 19.1 Å². The van der Waals surface area contributed by atoms with Gasteiger partial charge in [-0.2, -0.15) is 0 Å². The second-order valence-corrected chi connectivity index (χ2v) is 9.44. The molecular weight excluding hydrogens is 200 g/mol. The maximum absolute atomic E-state index is 5.32. The van der Waals surface area contributed by atoms with Crippen LogP contribution in [0.15, 0.2) is 0 Å². The first kappa shape index (κ1) is 17.6. The molecule has 0 heterocycles. The van der Waals surface area contributed by atoms with Crippen LogP contribution in [-0.4, -0.2) is 15.4 Å². The highest BCUT2D eigenvalue weighted by molar-refractivity contribution is 6.71. The molecule has 0 bridgehead atoms. The van der Waals surface area contributed by atoms with Crippen LogP contribution in [0.4, 0.5) is 0 Å². The SMILES string of the molecule is CCCC(C)CC.CCC[Si](C)(C)OC. The fraction of sp³-hybridized carbons (Fsp3) is 1.00. The van der Waals surface area contributed by atoms with Crippen LogP contribution in [0, 0.1) is 5.92 Å². The normalized spacial score (nSPS) is 13.0. The molecule has 1 nitrogen and oxygen atoms in total. The number of hydrogen-bond donors (Lipinski definition) is 0. The van der Waals surface area contributed by atoms with Crippen molar-refractivity contribution >= 4 is 8.32 Å². The lowest BCUT2D eigenvalue weighted by molar-refractivity contribution is 0.403. The van der Waals surface area contributed by atoms with Crippen LogP contribution >= 0.6 is 0 Å². The van der Waals surface area contributed by atoms with E-state index in [4.69, 9.17) is 4.43 Å². The van der Waals surface area contributed by atoms with Gasteiger partial charge < -0.3 is 4.43 Å². The van der Waals surface area contributed by atoms with Crippen molar-refractivity contribution in [3.8, 4) is 0 Å². The molecule has 0 N–H and O–H groups in total. The minimum atomic E-state index is -1.18. The molecule has 94 valence electrons. The van der Waals surface area contributed by atoms with Crippen LogP contribution in [-0.2, 0) is 4.43 Å². The Morgan fingerprint density at radius 2 is 1.60 bits per heavy atom. The Bertz CT molecular complexity index is 124. The van der Waals surface area contributed by atoms with Crippen molar-refractivity contribution in [3.05, 3.63) is 0 Å². The average Bonchev–Trinajstić information content (AvgIpc) is 2.19. The molecule has 0 aromatic heterocycles. The largest absolute Gasteiger partial charge is 0.420 e. The second-order valence-electron chi connectivity index (χ2n) is 5.02. The van der Waals surface area contributed by atoms with Gasteiger partial charge in [0.25, 0.3) is 0 Å². The van der Waals surface area contributed by atoms with Crippen molar-refractivity contribution in [2.24, 2.45) is 5.92 Å². The van der Waals surface area contributed by atoms with Gasteiger partial charge in [-0.25, -0.2) is 0 Å². The van der Waals surface area contributed by atoms with Gasteiger partial charge in [-0.3, -0.25) is 0 Å². The third kappa shape index (κ3) is 14.2. The van der Waals surface area contributed by atoms with Gasteiger partial charge in [0.1, 0.15) is 0 Å². The summed E-state index contributed by atoms with van der Waals surface area (Å²) < 4.78 is 5.32. The van der Waals surface area contributed by atoms with E-state index >= 15 is 0 Å². The summed E-state index contributed by atoms with van der Waals surface area (Å²) in [5.41, 5.74) is 0. The molecule has 1 unspecified atom stereocenters. The van der Waals surface area contributed by atoms with E-state index in [-0.39, 0.29) is 0 Å². The first-order valence-electron chi connectivity index (χ1n) is 6.48. The summed E-state index contributed by atoms with van der Waals surface area (Å²) in [6, 6.07) is 1.28. The Kier molecular flexibility index (Phi) is 12.5. The maximum Gasteiger partial charge on any atom is 0.186 e. The predicted molar refractivity (Wildman–Crippen MR) is 74.0 cm³/mol. The zero-order chi connectivity index (χ0) is 12.3. The van der Waals surface area contributed by atoms with Gasteiger partial charge in [-0.1, -0.05) is 53.4 Å². The highest BCUT2D eigenvalue weighted by Crippen LogP contribution is 2.10. The molecule has 0 amide bonds. The van der Waals surface area contributed by atoms with Crippen molar-refractivity contribution in [1.29, 1.82) is 0 Å². The molecule has 0 aliphatic heterocycles. The predicted octanol–water partition coefficient (Wildman–Crippen LogP) is 5.08. The number of hydrogen-bond acceptors (Lipinski definition) is 1. The fourth-order valence-corrected chi connectivity index (χ4v) is 2.81. The van der Waals surface area contributed by atoms with Gasteiger partial charge in [0.15, 0.2) is 8.32 Å². The molecule has 0 aromatic carbocycles. The first-order valence-corrected chi connectivity index (χ1v) is 9.60. The average molecular weight is 232 g/mol. The number of rotatable bonds is 6. The van der Waals surface area contributed by atoms with Gasteiger partial charge in [0.2, 0.25) is 0 Å². The second kappa shape index (κ2) is 10.7. The summed E-state index contributed by atoms with van der Waals surface area (Å²) in [7, 11) is 0.644. The van der Waals surface area contributed by atoms with Crippen LogP contribution in [0.3, 0.4) is 0 Å². The monoisotopic (exact) mass is 232 g/mol. The smallest absolute Gasteiger partial charge is 0.186 e. The lowest BCUT2D eigenvalue weighted by atomic mass is 10.0. The summed E-state index contributed by atoms with van der Waals surface area (Å²) in [5, 5.41) is 0. The van der Waals surface area contributed by atoms with E-state index in [1.165, 1.54) is 31.7 Å². The van der Waals surface area contributed by atoms with Crippen LogP contribution in [0.1, 0.15) is 53.4 Å². The van der Waals surface area contributed by atoms with E-state index in [0.29, 0.717) is 0 Å². The summed E-state index contributed by atoms with van der Waals surface area (Å²) in [6.07, 6.45) is 5.34. The zero-order valence-electron chi connectivity index (χ0n) is 12.0. The summed E-state index contributed by atoms with van der Waals surface area (Å²) in [4.78, 5) is 0. The highest BCUT2D eigenvalue weighted by Gasteiger charge is 2.17. The van der Waals surface area contributed by atoms with Gasteiger partial charge in [0, 0.05) is 7.11 Å². The van der Waals surface area contributed by atoms with Crippen molar-refractivity contribution in [2.75, 3.05) is 7.11 Å². The first-order chi connectivity index (χ1) is 6.93. The van der Waals surface area contributed by atoms with E-state index in [1.54, 1.807) is 0 Å². The lowest BCUT2D eigenvalue weighted by Gasteiger charge is -2.17. The van der Waals surface area contributed by atoms with Crippen molar-refractivity contribution in [1.82, 2.24) is 0 Å². The minimum Gasteiger partial charge on any atom is -0.420 e. The topological polar surface area (TPSA) is 9.23 Å². The fourth-order valence-electron chi connectivity index (χ4n) is 1.40. The minimum absolute atomic E-state index is 0.949. The molecule has 0 spiro atoms. The molecule has 2 heteroatoms. The van der Waals surface area contributed by atoms with Crippen molar-refractivity contribution in [2.45, 2.75) is 72.5 Å². The van der Waals surface area contributed by atoms with Crippen LogP contribution < -0.4 is 0 Å². The van der Waals surface area contributed by atoms with E-state index < -0.39 is 8.32 Å². The lowest BCUT2D eigenvalue weighted by Crippen LogP contribution is -2.27. The van der Waals surface area contributed by atoms with Gasteiger partial charge in [-0.15, -0.1) is 0 Å². The quantitative estimate of drug-likeness (QED) is 0.580. The van der Waals surface area contributed by atoms with Gasteiger partial charge in [0.05, 0.1) is 0 Å². The van der Waals surface area contributed by atoms with Crippen molar-refractivity contribution in [3.63, 3.8) is 0 Å². The third-order valence-corrected chi connectivity index (χ3v) is 5.69. The van der Waals surface area contributed by atoms with E-state index in [1.807, 2.05) is 7.11 Å². The van der Waals surface area contributed by atoms with Gasteiger partial charge in [-0.05, 0) is 25.1 Å². The van der Waals surface area contributed by atoms with Gasteiger partial charge >= 0.3 is 0 Å². The van der Waals surface area contributed by atoms with Crippen LogP contribution in [0.25, 0.3) is 0 Å².